The number of halogens is 2. The zero-order chi connectivity index (χ0) is 18.8. The highest BCUT2D eigenvalue weighted by atomic mass is 32.2. The third kappa shape index (κ3) is 3.75. The van der Waals surface area contributed by atoms with E-state index in [1.54, 1.807) is 40.1 Å². The molecule has 1 aliphatic rings. The zero-order valence-electron chi connectivity index (χ0n) is 14.4. The zero-order valence-corrected chi connectivity index (χ0v) is 15.2. The first-order valence-electron chi connectivity index (χ1n) is 8.54. The van der Waals surface area contributed by atoms with Crippen LogP contribution in [0.2, 0.25) is 0 Å². The van der Waals surface area contributed by atoms with Crippen LogP contribution in [-0.2, 0) is 11.3 Å². The Morgan fingerprint density at radius 2 is 2.00 bits per heavy atom. The van der Waals surface area contributed by atoms with Gasteiger partial charge in [0.2, 0.25) is 11.9 Å². The molecular weight excluding hydrogens is 374 g/mol. The summed E-state index contributed by atoms with van der Waals surface area (Å²) in [4.78, 5) is 28.1. The lowest BCUT2D eigenvalue weighted by Gasteiger charge is -2.34. The highest BCUT2D eigenvalue weighted by Crippen LogP contribution is 2.28. The number of alkyl halides is 2. The highest BCUT2D eigenvalue weighted by Gasteiger charge is 2.24. The van der Waals surface area contributed by atoms with Crippen molar-refractivity contribution in [2.45, 2.75) is 17.5 Å². The van der Waals surface area contributed by atoms with Gasteiger partial charge in [-0.1, -0.05) is 12.1 Å². The summed E-state index contributed by atoms with van der Waals surface area (Å²) in [5.41, 5.74) is 1.29. The van der Waals surface area contributed by atoms with Gasteiger partial charge >= 0.3 is 0 Å². The van der Waals surface area contributed by atoms with Gasteiger partial charge in [0.1, 0.15) is 6.54 Å². The number of anilines is 1. The van der Waals surface area contributed by atoms with Crippen molar-refractivity contribution in [1.82, 2.24) is 24.4 Å². The van der Waals surface area contributed by atoms with Gasteiger partial charge in [0.25, 0.3) is 5.76 Å². The van der Waals surface area contributed by atoms with Crippen LogP contribution >= 0.6 is 11.8 Å². The summed E-state index contributed by atoms with van der Waals surface area (Å²) >= 11 is 0.365. The van der Waals surface area contributed by atoms with Gasteiger partial charge in [0, 0.05) is 38.6 Å². The summed E-state index contributed by atoms with van der Waals surface area (Å²) < 4.78 is 27.4. The molecule has 0 unspecified atom stereocenters. The number of para-hydroxylation sites is 2. The van der Waals surface area contributed by atoms with Crippen molar-refractivity contribution in [1.29, 1.82) is 0 Å². The maximum absolute atomic E-state index is 12.9. The van der Waals surface area contributed by atoms with Gasteiger partial charge in [-0.15, -0.1) is 0 Å². The molecule has 1 aliphatic heterocycles. The number of imidazole rings is 2. The first kappa shape index (κ1) is 17.8. The second-order valence-corrected chi connectivity index (χ2v) is 7.09. The van der Waals surface area contributed by atoms with Crippen LogP contribution in [0.3, 0.4) is 0 Å². The summed E-state index contributed by atoms with van der Waals surface area (Å²) in [5, 5.41) is 0.161. The van der Waals surface area contributed by atoms with Crippen LogP contribution in [0.1, 0.15) is 0 Å². The fourth-order valence-corrected chi connectivity index (χ4v) is 3.81. The average molecular weight is 392 g/mol. The van der Waals surface area contributed by atoms with Crippen molar-refractivity contribution in [2.75, 3.05) is 31.1 Å². The molecule has 3 heterocycles. The van der Waals surface area contributed by atoms with E-state index in [2.05, 4.69) is 19.9 Å². The SMILES string of the molecule is O=C(Cn1c(SC(F)F)nc2ccccc21)N1CCN(c2ncc[nH]2)CC1. The number of aromatic nitrogens is 4. The second-order valence-electron chi connectivity index (χ2n) is 6.13. The second kappa shape index (κ2) is 7.55. The Bertz CT molecular complexity index is 921. The van der Waals surface area contributed by atoms with Crippen molar-refractivity contribution in [2.24, 2.45) is 0 Å². The number of fused-ring (bicyclic) bond motifs is 1. The number of hydrogen-bond acceptors (Lipinski definition) is 5. The van der Waals surface area contributed by atoms with Crippen molar-refractivity contribution in [3.63, 3.8) is 0 Å². The predicted octanol–water partition coefficient (Wildman–Crippen LogP) is 2.42. The topological polar surface area (TPSA) is 70.1 Å². The molecule has 27 heavy (non-hydrogen) atoms. The predicted molar refractivity (Wildman–Crippen MR) is 99.0 cm³/mol. The molecule has 0 aliphatic carbocycles. The lowest BCUT2D eigenvalue weighted by atomic mass is 10.3. The minimum Gasteiger partial charge on any atom is -0.339 e. The monoisotopic (exact) mass is 392 g/mol. The van der Waals surface area contributed by atoms with Crippen LogP contribution in [0.5, 0.6) is 0 Å². The number of nitrogens with one attached hydrogen (secondary N) is 1. The number of H-pyrrole nitrogens is 1. The van der Waals surface area contributed by atoms with Crippen LogP contribution < -0.4 is 4.90 Å². The number of nitrogens with zero attached hydrogens (tertiary/aromatic N) is 5. The Labute approximate surface area is 158 Å². The van der Waals surface area contributed by atoms with Crippen molar-refractivity contribution < 1.29 is 13.6 Å². The molecule has 0 spiro atoms. The smallest absolute Gasteiger partial charge is 0.291 e. The molecule has 3 aromatic rings. The lowest BCUT2D eigenvalue weighted by molar-refractivity contribution is -0.132. The molecule has 4 rings (SSSR count). The Morgan fingerprint density at radius 3 is 2.70 bits per heavy atom. The van der Waals surface area contributed by atoms with E-state index in [9.17, 15) is 13.6 Å². The number of amides is 1. The highest BCUT2D eigenvalue weighted by molar-refractivity contribution is 7.99. The molecule has 1 amide bonds. The number of carbonyl (C=O) groups excluding carboxylic acids is 1. The molecular formula is C17H18F2N6OS. The maximum atomic E-state index is 12.9. The van der Waals surface area contributed by atoms with Crippen LogP contribution in [0.15, 0.2) is 41.8 Å². The molecule has 1 aromatic carbocycles. The molecule has 1 N–H and O–H groups in total. The summed E-state index contributed by atoms with van der Waals surface area (Å²) in [6.07, 6.45) is 3.46. The van der Waals surface area contributed by atoms with Crippen LogP contribution in [0, 0.1) is 0 Å². The molecule has 7 nitrogen and oxygen atoms in total. The number of rotatable bonds is 5. The largest absolute Gasteiger partial charge is 0.339 e. The first-order valence-corrected chi connectivity index (χ1v) is 9.42. The fraction of sp³-hybridized carbons (Fsp3) is 0.353. The Balaban J connectivity index is 1.48. The number of piperazine rings is 1. The molecule has 10 heteroatoms. The third-order valence-electron chi connectivity index (χ3n) is 4.52. The third-order valence-corrected chi connectivity index (χ3v) is 5.22. The standard InChI is InChI=1S/C17H18F2N6OS/c18-15(19)27-17-22-12-3-1-2-4-13(12)25(17)11-14(26)23-7-9-24(10-8-23)16-20-5-6-21-16/h1-6,15H,7-11H2,(H,20,21). The van der Waals surface area contributed by atoms with Crippen molar-refractivity contribution in [3.05, 3.63) is 36.7 Å². The van der Waals surface area contributed by atoms with E-state index >= 15 is 0 Å². The maximum Gasteiger partial charge on any atom is 0.291 e. The van der Waals surface area contributed by atoms with Crippen molar-refractivity contribution >= 4 is 34.7 Å². The first-order chi connectivity index (χ1) is 13.1. The lowest BCUT2D eigenvalue weighted by Crippen LogP contribution is -2.50. The van der Waals surface area contributed by atoms with Gasteiger partial charge in [-0.25, -0.2) is 9.97 Å². The van der Waals surface area contributed by atoms with E-state index < -0.39 is 5.76 Å². The molecule has 1 fully saturated rings. The number of thioether (sulfide) groups is 1. The van der Waals surface area contributed by atoms with E-state index in [0.29, 0.717) is 49.0 Å². The van der Waals surface area contributed by atoms with Crippen LogP contribution in [-0.4, -0.2) is 62.3 Å². The van der Waals surface area contributed by atoms with Gasteiger partial charge in [-0.3, -0.25) is 4.79 Å². The molecule has 0 atom stereocenters. The number of aromatic amines is 1. The molecule has 2 aromatic heterocycles. The Hall–Kier alpha value is -2.62. The number of carbonyl (C=O) groups is 1. The number of benzene rings is 1. The number of hydrogen-bond donors (Lipinski definition) is 1. The van der Waals surface area contributed by atoms with Crippen molar-refractivity contribution in [3.8, 4) is 0 Å². The Kier molecular flexibility index (Phi) is 4.97. The van der Waals surface area contributed by atoms with E-state index in [4.69, 9.17) is 0 Å². The van der Waals surface area contributed by atoms with Crippen LogP contribution in [0.25, 0.3) is 11.0 Å². The molecule has 1 saturated heterocycles. The molecule has 142 valence electrons. The van der Waals surface area contributed by atoms with E-state index in [-0.39, 0.29) is 17.6 Å². The van der Waals surface area contributed by atoms with Gasteiger partial charge in [0.15, 0.2) is 5.16 Å². The van der Waals surface area contributed by atoms with E-state index in [0.717, 1.165) is 5.95 Å². The van der Waals surface area contributed by atoms with Gasteiger partial charge in [-0.2, -0.15) is 8.78 Å². The van der Waals surface area contributed by atoms with Crippen LogP contribution in [0.4, 0.5) is 14.7 Å². The minimum atomic E-state index is -2.59. The summed E-state index contributed by atoms with van der Waals surface area (Å²) in [7, 11) is 0. The average Bonchev–Trinajstić information content (AvgIpc) is 3.30. The molecule has 0 radical (unpaired) electrons. The summed E-state index contributed by atoms with van der Waals surface area (Å²) in [6, 6.07) is 7.16. The van der Waals surface area contributed by atoms with Gasteiger partial charge in [0.05, 0.1) is 11.0 Å². The quantitative estimate of drug-likeness (QED) is 0.676. The fourth-order valence-electron chi connectivity index (χ4n) is 3.21. The van der Waals surface area contributed by atoms with Gasteiger partial charge in [-0.05, 0) is 23.9 Å². The van der Waals surface area contributed by atoms with E-state index in [1.165, 1.54) is 0 Å². The molecule has 0 saturated carbocycles. The normalized spacial score (nSPS) is 15.1. The summed E-state index contributed by atoms with van der Waals surface area (Å²) in [6.45, 7) is 2.45. The van der Waals surface area contributed by atoms with E-state index in [1.807, 2.05) is 6.07 Å². The van der Waals surface area contributed by atoms with Gasteiger partial charge < -0.3 is 19.4 Å². The Morgan fingerprint density at radius 1 is 1.22 bits per heavy atom. The minimum absolute atomic E-state index is 0.00365. The molecule has 0 bridgehead atoms. The summed E-state index contributed by atoms with van der Waals surface area (Å²) in [5.74, 6) is -1.90.